The first-order valence-corrected chi connectivity index (χ1v) is 13.6. The maximum Gasteiger partial charge on any atom is 0.247 e. The number of nitrogens with zero attached hydrogens (tertiary/aromatic N) is 5. The highest BCUT2D eigenvalue weighted by molar-refractivity contribution is 6.00. The molecule has 0 bridgehead atoms. The second kappa shape index (κ2) is 13.2. The largest absolute Gasteiger partial charge is 0.495 e. The number of anilines is 3. The average molecular weight is 542 g/mol. The molecular formula is C31H39N7O2. The molecule has 0 radical (unpaired) electrons. The molecule has 0 aliphatic carbocycles. The molecule has 0 aliphatic heterocycles. The molecular weight excluding hydrogens is 502 g/mol. The van der Waals surface area contributed by atoms with Gasteiger partial charge in [-0.1, -0.05) is 38.5 Å². The summed E-state index contributed by atoms with van der Waals surface area (Å²) in [7, 11) is 7.75. The van der Waals surface area contributed by atoms with Crippen molar-refractivity contribution in [2.45, 2.75) is 32.6 Å². The molecule has 2 heterocycles. The fourth-order valence-electron chi connectivity index (χ4n) is 4.96. The van der Waals surface area contributed by atoms with Crippen LogP contribution in [0.1, 0.15) is 31.7 Å². The van der Waals surface area contributed by atoms with E-state index in [1.54, 1.807) is 13.3 Å². The fourth-order valence-corrected chi connectivity index (χ4v) is 4.96. The number of amides is 1. The molecule has 0 aliphatic rings. The molecule has 2 aromatic carbocycles. The van der Waals surface area contributed by atoms with Crippen molar-refractivity contribution in [3.63, 3.8) is 0 Å². The van der Waals surface area contributed by atoms with E-state index in [0.717, 1.165) is 65.6 Å². The van der Waals surface area contributed by atoms with Crippen LogP contribution in [0.4, 0.5) is 17.3 Å². The summed E-state index contributed by atoms with van der Waals surface area (Å²) in [5.74, 6) is 1.28. The number of nitrogens with one attached hydrogen (secondary N) is 2. The van der Waals surface area contributed by atoms with Gasteiger partial charge in [-0.25, -0.2) is 9.97 Å². The Morgan fingerprint density at radius 3 is 2.75 bits per heavy atom. The van der Waals surface area contributed by atoms with Crippen LogP contribution < -0.4 is 15.4 Å². The Hall–Kier alpha value is -4.24. The van der Waals surface area contributed by atoms with Crippen LogP contribution in [0.25, 0.3) is 22.2 Å². The maximum atomic E-state index is 12.4. The number of rotatable bonds is 13. The predicted octanol–water partition coefficient (Wildman–Crippen LogP) is 5.82. The lowest BCUT2D eigenvalue weighted by molar-refractivity contribution is -0.111. The molecule has 40 heavy (non-hydrogen) atoms. The molecule has 0 saturated heterocycles. The van der Waals surface area contributed by atoms with Crippen LogP contribution in [0, 0.1) is 5.92 Å². The summed E-state index contributed by atoms with van der Waals surface area (Å²) in [6.45, 7) is 6.85. The van der Waals surface area contributed by atoms with E-state index in [4.69, 9.17) is 9.72 Å². The minimum absolute atomic E-state index is 0.263. The van der Waals surface area contributed by atoms with E-state index in [9.17, 15) is 4.79 Å². The highest BCUT2D eigenvalue weighted by Gasteiger charge is 2.18. The molecule has 4 rings (SSSR count). The minimum Gasteiger partial charge on any atom is -0.495 e. The van der Waals surface area contributed by atoms with Crippen molar-refractivity contribution in [2.24, 2.45) is 13.0 Å². The van der Waals surface area contributed by atoms with Gasteiger partial charge < -0.3 is 20.3 Å². The molecule has 0 spiro atoms. The molecule has 1 amide bonds. The lowest BCUT2D eigenvalue weighted by Gasteiger charge is -2.22. The van der Waals surface area contributed by atoms with Gasteiger partial charge in [0, 0.05) is 29.9 Å². The Balaban J connectivity index is 1.68. The van der Waals surface area contributed by atoms with E-state index in [1.807, 2.05) is 54.3 Å². The molecule has 1 unspecified atom stereocenters. The van der Waals surface area contributed by atoms with Crippen LogP contribution in [-0.4, -0.2) is 58.3 Å². The van der Waals surface area contributed by atoms with Crippen LogP contribution in [0.15, 0.2) is 61.4 Å². The van der Waals surface area contributed by atoms with Crippen LogP contribution >= 0.6 is 0 Å². The van der Waals surface area contributed by atoms with Crippen LogP contribution in [0.3, 0.4) is 0 Å². The summed E-state index contributed by atoms with van der Waals surface area (Å²) in [6.07, 6.45) is 8.96. The zero-order valence-corrected chi connectivity index (χ0v) is 24.1. The lowest BCUT2D eigenvalue weighted by atomic mass is 9.90. The summed E-state index contributed by atoms with van der Waals surface area (Å²) >= 11 is 0. The van der Waals surface area contributed by atoms with Crippen LogP contribution in [0.5, 0.6) is 5.75 Å². The molecule has 4 aromatic rings. The van der Waals surface area contributed by atoms with Crippen LogP contribution in [-0.2, 0) is 18.3 Å². The zero-order chi connectivity index (χ0) is 28.6. The maximum absolute atomic E-state index is 12.4. The number of hydrogen-bond acceptors (Lipinski definition) is 7. The molecule has 0 saturated carbocycles. The predicted molar refractivity (Wildman–Crippen MR) is 162 cm³/mol. The lowest BCUT2D eigenvalue weighted by Crippen LogP contribution is -2.19. The van der Waals surface area contributed by atoms with E-state index >= 15 is 0 Å². The smallest absolute Gasteiger partial charge is 0.247 e. The number of ether oxygens (including phenoxy) is 1. The van der Waals surface area contributed by atoms with Crippen molar-refractivity contribution in [3.05, 3.63) is 67.0 Å². The summed E-state index contributed by atoms with van der Waals surface area (Å²) in [5.41, 5.74) is 5.16. The standard InChI is InChI=1S/C31H39N7O2/c1-7-10-21(14-16-37(3)4)17-22-18-29(40-6)27(19-26(22)34-30(39)8-2)36-31-32-15-13-25(35-31)23-11-9-12-28-24(23)20-33-38(28)5/h8-9,11-13,15,18-21H,2,7,10,14,16-17H2,1,3-6H3,(H,34,39)(H,32,35,36). The van der Waals surface area contributed by atoms with Gasteiger partial charge in [-0.15, -0.1) is 0 Å². The first-order valence-electron chi connectivity index (χ1n) is 13.6. The van der Waals surface area contributed by atoms with Crippen molar-refractivity contribution in [1.29, 1.82) is 0 Å². The van der Waals surface area contributed by atoms with E-state index < -0.39 is 0 Å². The Morgan fingerprint density at radius 1 is 1.20 bits per heavy atom. The summed E-state index contributed by atoms with van der Waals surface area (Å²) in [6, 6.07) is 11.8. The third kappa shape index (κ3) is 6.84. The normalized spacial score (nSPS) is 11.9. The van der Waals surface area contributed by atoms with Gasteiger partial charge in [0.25, 0.3) is 0 Å². The fraction of sp³-hybridized carbons (Fsp3) is 0.355. The highest BCUT2D eigenvalue weighted by Crippen LogP contribution is 2.36. The summed E-state index contributed by atoms with van der Waals surface area (Å²) in [5, 5.41) is 11.7. The SMILES string of the molecule is C=CC(=O)Nc1cc(Nc2nccc(-c3cccc4c3cnn4C)n2)c(OC)cc1CC(CCC)CCN(C)C. The van der Waals surface area contributed by atoms with Gasteiger partial charge in [0.2, 0.25) is 11.9 Å². The number of aromatic nitrogens is 4. The van der Waals surface area contributed by atoms with Gasteiger partial charge in [0.15, 0.2) is 0 Å². The van der Waals surface area contributed by atoms with Gasteiger partial charge >= 0.3 is 0 Å². The van der Waals surface area contributed by atoms with E-state index in [2.05, 4.69) is 53.2 Å². The van der Waals surface area contributed by atoms with Crippen molar-refractivity contribution in [3.8, 4) is 17.0 Å². The quantitative estimate of drug-likeness (QED) is 0.206. The Labute approximate surface area is 236 Å². The average Bonchev–Trinajstić information content (AvgIpc) is 3.33. The number of carbonyl (C=O) groups excluding carboxylic acids is 1. The topological polar surface area (TPSA) is 97.2 Å². The molecule has 2 N–H and O–H groups in total. The van der Waals surface area contributed by atoms with Gasteiger partial charge in [-0.2, -0.15) is 5.10 Å². The number of hydrogen-bond donors (Lipinski definition) is 2. The third-order valence-corrected chi connectivity index (χ3v) is 7.03. The Kier molecular flexibility index (Phi) is 9.50. The van der Waals surface area contributed by atoms with Crippen molar-refractivity contribution in [2.75, 3.05) is 38.4 Å². The minimum atomic E-state index is -0.263. The van der Waals surface area contributed by atoms with Gasteiger partial charge in [0.1, 0.15) is 5.75 Å². The monoisotopic (exact) mass is 541 g/mol. The molecule has 0 fully saturated rings. The molecule has 9 heteroatoms. The first-order chi connectivity index (χ1) is 19.3. The summed E-state index contributed by atoms with van der Waals surface area (Å²) in [4.78, 5) is 23.8. The second-order valence-corrected chi connectivity index (χ2v) is 10.3. The first kappa shape index (κ1) is 28.8. The van der Waals surface area contributed by atoms with Crippen molar-refractivity contribution in [1.82, 2.24) is 24.6 Å². The van der Waals surface area contributed by atoms with E-state index in [0.29, 0.717) is 23.3 Å². The molecule has 2 aromatic heterocycles. The molecule has 1 atom stereocenters. The number of benzene rings is 2. The summed E-state index contributed by atoms with van der Waals surface area (Å²) < 4.78 is 7.63. The second-order valence-electron chi connectivity index (χ2n) is 10.3. The van der Waals surface area contributed by atoms with Crippen molar-refractivity contribution < 1.29 is 9.53 Å². The Morgan fingerprint density at radius 2 is 2.02 bits per heavy atom. The third-order valence-electron chi connectivity index (χ3n) is 7.03. The number of methoxy groups -OCH3 is 1. The molecule has 210 valence electrons. The highest BCUT2D eigenvalue weighted by atomic mass is 16.5. The van der Waals surface area contributed by atoms with Gasteiger partial charge in [0.05, 0.1) is 30.2 Å². The van der Waals surface area contributed by atoms with Gasteiger partial charge in [-0.05, 0) is 75.3 Å². The van der Waals surface area contributed by atoms with E-state index in [1.165, 1.54) is 6.08 Å². The molecule has 9 nitrogen and oxygen atoms in total. The number of fused-ring (bicyclic) bond motifs is 1. The zero-order valence-electron chi connectivity index (χ0n) is 24.1. The van der Waals surface area contributed by atoms with E-state index in [-0.39, 0.29) is 5.91 Å². The van der Waals surface area contributed by atoms with Crippen molar-refractivity contribution >= 4 is 34.1 Å². The number of carbonyl (C=O) groups is 1. The Bertz CT molecular complexity index is 1480. The number of aryl methyl sites for hydroxylation is 1. The van der Waals surface area contributed by atoms with Gasteiger partial charge in [-0.3, -0.25) is 9.48 Å². The van der Waals surface area contributed by atoms with Crippen LogP contribution in [0.2, 0.25) is 0 Å².